The molecule has 0 saturated carbocycles. The second-order valence-electron chi connectivity index (χ2n) is 6.34. The van der Waals surface area contributed by atoms with Crippen LogP contribution in [0.15, 0.2) is 30.3 Å². The van der Waals surface area contributed by atoms with E-state index in [2.05, 4.69) is 71.9 Å². The van der Waals surface area contributed by atoms with E-state index in [1.807, 2.05) is 0 Å². The van der Waals surface area contributed by atoms with Crippen LogP contribution in [0.1, 0.15) is 25.3 Å². The van der Waals surface area contributed by atoms with Crippen LogP contribution in [0.5, 0.6) is 0 Å². The molecule has 0 aliphatic rings. The first-order chi connectivity index (χ1) is 10.0. The van der Waals surface area contributed by atoms with Crippen LogP contribution in [0.4, 0.5) is 0 Å². The summed E-state index contributed by atoms with van der Waals surface area (Å²) in [5.74, 6) is 0. The molecule has 0 bridgehead atoms. The Bertz CT molecular complexity index is 561. The summed E-state index contributed by atoms with van der Waals surface area (Å²) in [4.78, 5) is 0. The van der Waals surface area contributed by atoms with Crippen molar-refractivity contribution >= 4 is 38.1 Å². The van der Waals surface area contributed by atoms with Gasteiger partial charge >= 0.3 is 139 Å². The van der Waals surface area contributed by atoms with Crippen molar-refractivity contribution in [1.29, 1.82) is 0 Å². The van der Waals surface area contributed by atoms with Gasteiger partial charge in [-0.3, -0.25) is 0 Å². The monoisotopic (exact) mass is 417 g/mol. The van der Waals surface area contributed by atoms with Crippen molar-refractivity contribution in [3.63, 3.8) is 0 Å². The topological polar surface area (TPSA) is 30.7 Å². The van der Waals surface area contributed by atoms with Gasteiger partial charge in [0.15, 0.2) is 0 Å². The van der Waals surface area contributed by atoms with E-state index >= 15 is 0 Å². The summed E-state index contributed by atoms with van der Waals surface area (Å²) >= 11 is -0.174. The SMILES string of the molecule is CCCC[Te]c1c([Si](C)(C)C)nnn1Cc1ccccc1. The molecule has 1 aromatic carbocycles. The van der Waals surface area contributed by atoms with Gasteiger partial charge in [0, 0.05) is 0 Å². The van der Waals surface area contributed by atoms with Crippen molar-refractivity contribution in [2.24, 2.45) is 0 Å². The number of benzene rings is 1. The molecule has 0 aliphatic heterocycles. The maximum atomic E-state index is 4.57. The van der Waals surface area contributed by atoms with Gasteiger partial charge in [0.2, 0.25) is 0 Å². The van der Waals surface area contributed by atoms with E-state index in [1.165, 1.54) is 31.9 Å². The molecule has 0 atom stereocenters. The van der Waals surface area contributed by atoms with Gasteiger partial charge in [-0.2, -0.15) is 0 Å². The first-order valence-electron chi connectivity index (χ1n) is 7.63. The number of aromatic nitrogens is 3. The summed E-state index contributed by atoms with van der Waals surface area (Å²) in [6.45, 7) is 10.3. The van der Waals surface area contributed by atoms with Crippen molar-refractivity contribution in [2.45, 2.75) is 50.4 Å². The predicted molar refractivity (Wildman–Crippen MR) is 93.6 cm³/mol. The second-order valence-corrected chi connectivity index (χ2v) is 14.4. The van der Waals surface area contributed by atoms with E-state index in [0.717, 1.165) is 6.54 Å². The third-order valence-corrected chi connectivity index (χ3v) is 8.97. The van der Waals surface area contributed by atoms with Crippen molar-refractivity contribution in [3.8, 4) is 0 Å². The molecule has 5 heteroatoms. The Hall–Kier alpha value is -0.634. The average molecular weight is 415 g/mol. The van der Waals surface area contributed by atoms with Crippen LogP contribution in [0.3, 0.4) is 0 Å². The summed E-state index contributed by atoms with van der Waals surface area (Å²) in [5, 5.41) is 10.4. The molecule has 114 valence electrons. The van der Waals surface area contributed by atoms with Crippen molar-refractivity contribution < 1.29 is 0 Å². The van der Waals surface area contributed by atoms with Crippen LogP contribution in [-0.2, 0) is 6.54 Å². The van der Waals surface area contributed by atoms with Crippen LogP contribution in [0.2, 0.25) is 24.1 Å². The Morgan fingerprint density at radius 1 is 1.14 bits per heavy atom. The molecular formula is C16H25N3SiTe. The molecular weight excluding hydrogens is 390 g/mol. The van der Waals surface area contributed by atoms with Crippen LogP contribution in [0, 0.1) is 0 Å². The summed E-state index contributed by atoms with van der Waals surface area (Å²) in [6.07, 6.45) is 2.62. The normalized spacial score (nSPS) is 11.8. The fourth-order valence-electron chi connectivity index (χ4n) is 2.09. The fourth-order valence-corrected chi connectivity index (χ4v) is 9.32. The van der Waals surface area contributed by atoms with Gasteiger partial charge in [0.25, 0.3) is 0 Å². The van der Waals surface area contributed by atoms with Crippen LogP contribution >= 0.6 is 0 Å². The predicted octanol–water partition coefficient (Wildman–Crippen LogP) is 2.42. The van der Waals surface area contributed by atoms with E-state index in [9.17, 15) is 0 Å². The standard InChI is InChI=1S/C16H25N3SiTe/c1-5-6-12-21-16-15(20(2,3)4)17-18-19(16)13-14-10-8-7-9-11-14/h7-11H,5-6,12-13H2,1-4H3. The first-order valence-corrected chi connectivity index (χ1v) is 13.9. The molecule has 0 spiro atoms. The van der Waals surface area contributed by atoms with Crippen molar-refractivity contribution in [2.75, 3.05) is 0 Å². The van der Waals surface area contributed by atoms with Crippen LogP contribution in [0.25, 0.3) is 0 Å². The minimum atomic E-state index is -1.40. The van der Waals surface area contributed by atoms with Gasteiger partial charge in [-0.15, -0.1) is 0 Å². The molecule has 0 radical (unpaired) electrons. The molecule has 2 aromatic rings. The molecule has 1 aromatic heterocycles. The third-order valence-electron chi connectivity index (χ3n) is 3.31. The Balaban J connectivity index is 2.25. The molecule has 0 fully saturated rings. The van der Waals surface area contributed by atoms with Gasteiger partial charge in [-0.25, -0.2) is 0 Å². The van der Waals surface area contributed by atoms with Crippen molar-refractivity contribution in [3.05, 3.63) is 35.9 Å². The number of hydrogen-bond acceptors (Lipinski definition) is 2. The van der Waals surface area contributed by atoms with E-state index in [0.29, 0.717) is 0 Å². The second kappa shape index (κ2) is 7.58. The third kappa shape index (κ3) is 4.67. The summed E-state index contributed by atoms with van der Waals surface area (Å²) in [7, 11) is -1.40. The number of rotatable bonds is 7. The molecule has 0 aliphatic carbocycles. The van der Waals surface area contributed by atoms with Gasteiger partial charge in [0.1, 0.15) is 0 Å². The molecule has 3 nitrogen and oxygen atoms in total. The van der Waals surface area contributed by atoms with Gasteiger partial charge in [0.05, 0.1) is 0 Å². The zero-order valence-electron chi connectivity index (χ0n) is 13.5. The zero-order valence-corrected chi connectivity index (χ0v) is 16.8. The summed E-state index contributed by atoms with van der Waals surface area (Å²) in [5.41, 5.74) is 1.31. The van der Waals surface area contributed by atoms with E-state index in [-0.39, 0.29) is 20.9 Å². The zero-order chi connectivity index (χ0) is 15.3. The number of nitrogens with zero attached hydrogens (tertiary/aromatic N) is 3. The molecule has 0 unspecified atom stereocenters. The quantitative estimate of drug-likeness (QED) is 0.514. The molecule has 0 saturated heterocycles. The van der Waals surface area contributed by atoms with E-state index in [4.69, 9.17) is 0 Å². The Kier molecular flexibility index (Phi) is 6.04. The molecule has 0 amide bonds. The van der Waals surface area contributed by atoms with Gasteiger partial charge in [-0.05, 0) is 0 Å². The average Bonchev–Trinajstić information content (AvgIpc) is 2.83. The summed E-state index contributed by atoms with van der Waals surface area (Å²) < 4.78 is 5.04. The summed E-state index contributed by atoms with van der Waals surface area (Å²) in [6, 6.07) is 10.6. The van der Waals surface area contributed by atoms with Crippen LogP contribution < -0.4 is 9.06 Å². The Labute approximate surface area is 139 Å². The molecule has 2 rings (SSSR count). The number of hydrogen-bond donors (Lipinski definition) is 0. The fraction of sp³-hybridized carbons (Fsp3) is 0.500. The first kappa shape index (κ1) is 16.7. The molecule has 0 N–H and O–H groups in total. The van der Waals surface area contributed by atoms with Crippen LogP contribution in [-0.4, -0.2) is 44.0 Å². The molecule has 21 heavy (non-hydrogen) atoms. The molecule has 1 heterocycles. The maximum absolute atomic E-state index is 4.57. The minimum absolute atomic E-state index is 0.174. The van der Waals surface area contributed by atoms with Gasteiger partial charge < -0.3 is 0 Å². The Morgan fingerprint density at radius 2 is 1.86 bits per heavy atom. The number of unbranched alkanes of at least 4 members (excludes halogenated alkanes) is 1. The van der Waals surface area contributed by atoms with Gasteiger partial charge in [-0.1, -0.05) is 0 Å². The van der Waals surface area contributed by atoms with Crippen molar-refractivity contribution in [1.82, 2.24) is 15.0 Å². The van der Waals surface area contributed by atoms with E-state index < -0.39 is 8.07 Å². The Morgan fingerprint density at radius 3 is 2.48 bits per heavy atom. The van der Waals surface area contributed by atoms with E-state index in [1.54, 1.807) is 0 Å².